The van der Waals surface area contributed by atoms with Crippen molar-refractivity contribution >= 4 is 22.7 Å². The third kappa shape index (κ3) is 6.39. The molecule has 0 aromatic heterocycles. The van der Waals surface area contributed by atoms with Crippen molar-refractivity contribution in [2.24, 2.45) is 0 Å². The van der Waals surface area contributed by atoms with Crippen molar-refractivity contribution in [3.05, 3.63) is 65.7 Å². The van der Waals surface area contributed by atoms with Gasteiger partial charge in [-0.3, -0.25) is 9.00 Å². The molecule has 0 aliphatic rings. The van der Waals surface area contributed by atoms with Gasteiger partial charge in [-0.05, 0) is 36.2 Å². The number of benzene rings is 2. The molecule has 0 aliphatic carbocycles. The lowest BCUT2D eigenvalue weighted by atomic mass is 10.1. The number of carbonyl (C=O) groups is 2. The number of amides is 1. The fourth-order valence-corrected chi connectivity index (χ4v) is 3.71. The Morgan fingerprint density at radius 2 is 1.70 bits per heavy atom. The summed E-state index contributed by atoms with van der Waals surface area (Å²) in [6.07, 6.45) is -6.37. The van der Waals surface area contributed by atoms with Crippen LogP contribution < -0.4 is 5.32 Å². The lowest BCUT2D eigenvalue weighted by Crippen LogP contribution is -2.44. The number of methoxy groups -OCH3 is 1. The summed E-state index contributed by atoms with van der Waals surface area (Å²) in [6, 6.07) is 10.8. The van der Waals surface area contributed by atoms with Gasteiger partial charge in [0, 0.05) is 10.6 Å². The number of aliphatic hydroxyl groups is 1. The van der Waals surface area contributed by atoms with Gasteiger partial charge in [-0.1, -0.05) is 30.3 Å². The summed E-state index contributed by atoms with van der Waals surface area (Å²) in [5.74, 6) is -1.75. The van der Waals surface area contributed by atoms with E-state index in [9.17, 15) is 32.1 Å². The van der Waals surface area contributed by atoms with Crippen molar-refractivity contribution in [1.82, 2.24) is 5.32 Å². The van der Waals surface area contributed by atoms with Gasteiger partial charge in [0.25, 0.3) is 5.91 Å². The molecule has 0 aliphatic heterocycles. The molecule has 0 saturated carbocycles. The minimum atomic E-state index is -4.55. The zero-order valence-electron chi connectivity index (χ0n) is 15.9. The van der Waals surface area contributed by atoms with Crippen LogP contribution in [-0.4, -0.2) is 40.1 Å². The summed E-state index contributed by atoms with van der Waals surface area (Å²) in [6.45, 7) is 0. The molecule has 30 heavy (non-hydrogen) atoms. The Morgan fingerprint density at radius 3 is 2.23 bits per heavy atom. The van der Waals surface area contributed by atoms with E-state index in [1.165, 1.54) is 0 Å². The summed E-state index contributed by atoms with van der Waals surface area (Å²) in [5, 5.41) is 12.4. The van der Waals surface area contributed by atoms with E-state index in [-0.39, 0.29) is 17.7 Å². The Balaban J connectivity index is 2.03. The molecule has 0 bridgehead atoms. The third-order valence-electron chi connectivity index (χ3n) is 4.20. The van der Waals surface area contributed by atoms with Gasteiger partial charge in [0.15, 0.2) is 6.10 Å². The van der Waals surface area contributed by atoms with Gasteiger partial charge in [-0.2, -0.15) is 13.2 Å². The summed E-state index contributed by atoms with van der Waals surface area (Å²) >= 11 is 0. The van der Waals surface area contributed by atoms with Crippen LogP contribution in [0, 0.1) is 0 Å². The van der Waals surface area contributed by atoms with Crippen LogP contribution in [0.25, 0.3) is 0 Å². The molecular formula is C20H20F3NO5S. The Morgan fingerprint density at radius 1 is 1.10 bits per heavy atom. The van der Waals surface area contributed by atoms with Crippen LogP contribution in [0.3, 0.4) is 0 Å². The molecule has 10 heteroatoms. The molecule has 162 valence electrons. The smallest absolute Gasteiger partial charge is 0.416 e. The SMILES string of the molecule is COC(=O)[C@@H](CC[S@](=O)c1ccccc1)NC(=O)[C@@H](O)c1ccc(C(F)(F)F)cc1. The van der Waals surface area contributed by atoms with Crippen LogP contribution >= 0.6 is 0 Å². The highest BCUT2D eigenvalue weighted by atomic mass is 32.2. The molecule has 0 radical (unpaired) electrons. The predicted molar refractivity (Wildman–Crippen MR) is 103 cm³/mol. The van der Waals surface area contributed by atoms with E-state index in [1.807, 2.05) is 0 Å². The van der Waals surface area contributed by atoms with Gasteiger partial charge in [-0.15, -0.1) is 0 Å². The third-order valence-corrected chi connectivity index (χ3v) is 5.61. The van der Waals surface area contributed by atoms with Crippen LogP contribution in [0.1, 0.15) is 23.7 Å². The first-order chi connectivity index (χ1) is 14.1. The number of aliphatic hydroxyl groups excluding tert-OH is 1. The molecular weight excluding hydrogens is 423 g/mol. The number of halogens is 3. The average Bonchev–Trinajstić information content (AvgIpc) is 2.75. The maximum Gasteiger partial charge on any atom is 0.416 e. The molecule has 6 nitrogen and oxygen atoms in total. The van der Waals surface area contributed by atoms with Gasteiger partial charge >= 0.3 is 12.1 Å². The van der Waals surface area contributed by atoms with Crippen LogP contribution in [0.5, 0.6) is 0 Å². The van der Waals surface area contributed by atoms with E-state index < -0.39 is 46.6 Å². The molecule has 0 fully saturated rings. The maximum absolute atomic E-state index is 12.6. The quantitative estimate of drug-likeness (QED) is 0.612. The first-order valence-electron chi connectivity index (χ1n) is 8.80. The van der Waals surface area contributed by atoms with Crippen molar-refractivity contribution in [3.63, 3.8) is 0 Å². The van der Waals surface area contributed by atoms with Gasteiger partial charge < -0.3 is 15.2 Å². The van der Waals surface area contributed by atoms with Gasteiger partial charge in [0.1, 0.15) is 6.04 Å². The van der Waals surface area contributed by atoms with Crippen LogP contribution in [-0.2, 0) is 31.3 Å². The number of rotatable bonds is 8. The Kier molecular flexibility index (Phi) is 8.13. The molecule has 2 aromatic rings. The summed E-state index contributed by atoms with van der Waals surface area (Å²) < 4.78 is 54.9. The second-order valence-electron chi connectivity index (χ2n) is 6.26. The van der Waals surface area contributed by atoms with Crippen molar-refractivity contribution in [1.29, 1.82) is 0 Å². The molecule has 2 aromatic carbocycles. The number of esters is 1. The zero-order chi connectivity index (χ0) is 22.3. The van der Waals surface area contributed by atoms with E-state index in [4.69, 9.17) is 0 Å². The van der Waals surface area contributed by atoms with Crippen molar-refractivity contribution in [2.75, 3.05) is 12.9 Å². The van der Waals surface area contributed by atoms with E-state index in [0.717, 1.165) is 31.4 Å². The predicted octanol–water partition coefficient (Wildman–Crippen LogP) is 2.59. The average molecular weight is 443 g/mol. The summed E-state index contributed by atoms with van der Waals surface area (Å²) in [7, 11) is -0.310. The number of ether oxygens (including phenoxy) is 1. The van der Waals surface area contributed by atoms with Crippen LogP contribution in [0.15, 0.2) is 59.5 Å². The molecule has 1 amide bonds. The molecule has 0 spiro atoms. The van der Waals surface area contributed by atoms with Crippen molar-refractivity contribution < 1.29 is 36.8 Å². The minimum Gasteiger partial charge on any atom is -0.467 e. The summed E-state index contributed by atoms with van der Waals surface area (Å²) in [5.41, 5.74) is -0.994. The maximum atomic E-state index is 12.6. The van der Waals surface area contributed by atoms with Crippen LogP contribution in [0.4, 0.5) is 13.2 Å². The zero-order valence-corrected chi connectivity index (χ0v) is 16.7. The van der Waals surface area contributed by atoms with Crippen LogP contribution in [0.2, 0.25) is 0 Å². The number of hydrogen-bond acceptors (Lipinski definition) is 5. The topological polar surface area (TPSA) is 92.7 Å². The highest BCUT2D eigenvalue weighted by Crippen LogP contribution is 2.30. The molecule has 0 unspecified atom stereocenters. The second kappa shape index (κ2) is 10.4. The minimum absolute atomic E-state index is 0.0281. The number of carbonyl (C=O) groups excluding carboxylic acids is 2. The fraction of sp³-hybridized carbons (Fsp3) is 0.300. The fourth-order valence-electron chi connectivity index (χ4n) is 2.56. The first kappa shape index (κ1) is 23.6. The Bertz CT molecular complexity index is 888. The molecule has 0 heterocycles. The molecule has 2 N–H and O–H groups in total. The highest BCUT2D eigenvalue weighted by Gasteiger charge is 2.31. The lowest BCUT2D eigenvalue weighted by molar-refractivity contribution is -0.146. The largest absolute Gasteiger partial charge is 0.467 e. The summed E-state index contributed by atoms with van der Waals surface area (Å²) in [4.78, 5) is 24.8. The second-order valence-corrected chi connectivity index (χ2v) is 7.83. The van der Waals surface area contributed by atoms with Crippen molar-refractivity contribution in [3.8, 4) is 0 Å². The monoisotopic (exact) mass is 443 g/mol. The number of nitrogens with one attached hydrogen (secondary N) is 1. The highest BCUT2D eigenvalue weighted by molar-refractivity contribution is 7.85. The molecule has 2 rings (SSSR count). The standard InChI is InChI=1S/C20H20F3NO5S/c1-29-19(27)16(11-12-30(28)15-5-3-2-4-6-15)24-18(26)17(25)13-7-9-14(10-8-13)20(21,22)23/h2-10,16-17,25H,11-12H2,1H3,(H,24,26)/t16-,17+,30+/m1/s1. The van der Waals surface area contributed by atoms with E-state index in [1.54, 1.807) is 30.3 Å². The molecule has 0 saturated heterocycles. The van der Waals surface area contributed by atoms with Gasteiger partial charge in [-0.25, -0.2) is 4.79 Å². The van der Waals surface area contributed by atoms with E-state index in [0.29, 0.717) is 4.90 Å². The number of alkyl halides is 3. The lowest BCUT2D eigenvalue weighted by Gasteiger charge is -2.19. The van der Waals surface area contributed by atoms with Gasteiger partial charge in [0.2, 0.25) is 0 Å². The van der Waals surface area contributed by atoms with E-state index in [2.05, 4.69) is 10.1 Å². The molecule has 3 atom stereocenters. The van der Waals surface area contributed by atoms with Gasteiger partial charge in [0.05, 0.1) is 23.5 Å². The normalized spacial score (nSPS) is 14.4. The Hall–Kier alpha value is -2.72. The Labute approximate surface area is 173 Å². The van der Waals surface area contributed by atoms with E-state index >= 15 is 0 Å². The van der Waals surface area contributed by atoms with Crippen molar-refractivity contribution in [2.45, 2.75) is 29.6 Å². The first-order valence-corrected chi connectivity index (χ1v) is 10.1. The number of hydrogen-bond donors (Lipinski definition) is 2.